The van der Waals surface area contributed by atoms with Crippen molar-refractivity contribution in [3.63, 3.8) is 0 Å². The van der Waals surface area contributed by atoms with Crippen LogP contribution >= 0.6 is 11.6 Å². The second kappa shape index (κ2) is 8.59. The Morgan fingerprint density at radius 2 is 1.96 bits per heavy atom. The van der Waals surface area contributed by atoms with Crippen molar-refractivity contribution in [3.8, 4) is 0 Å². The molecule has 0 amide bonds. The van der Waals surface area contributed by atoms with E-state index in [2.05, 4.69) is 15.4 Å². The number of carbonyl (C=O) groups is 1. The molecule has 0 atom stereocenters. The molecule has 0 saturated carbocycles. The summed E-state index contributed by atoms with van der Waals surface area (Å²) in [4.78, 5) is 16.0. The first-order valence-electron chi connectivity index (χ1n) is 8.03. The van der Waals surface area contributed by atoms with Crippen LogP contribution in [0, 0.1) is 0 Å². The van der Waals surface area contributed by atoms with Gasteiger partial charge in [-0.15, -0.1) is 5.10 Å². The number of alkyl halides is 3. The second-order valence-electron chi connectivity index (χ2n) is 5.75. The van der Waals surface area contributed by atoms with Gasteiger partial charge in [0.05, 0.1) is 22.9 Å². The molecule has 0 bridgehead atoms. The molecule has 1 aliphatic heterocycles. The van der Waals surface area contributed by atoms with E-state index < -0.39 is 17.7 Å². The van der Waals surface area contributed by atoms with Crippen LogP contribution in [-0.2, 0) is 15.7 Å². The number of benzene rings is 1. The van der Waals surface area contributed by atoms with Crippen LogP contribution in [0.4, 0.5) is 18.9 Å². The summed E-state index contributed by atoms with van der Waals surface area (Å²) in [5.74, 6) is -0.638. The third-order valence-electron chi connectivity index (χ3n) is 3.84. The molecule has 1 saturated heterocycles. The molecule has 0 radical (unpaired) electrons. The van der Waals surface area contributed by atoms with Gasteiger partial charge >= 0.3 is 12.1 Å². The molecule has 1 aromatic rings. The van der Waals surface area contributed by atoms with E-state index in [-0.39, 0.29) is 23.2 Å². The number of hydrazone groups is 1. The summed E-state index contributed by atoms with van der Waals surface area (Å²) in [5, 5.41) is 4.05. The van der Waals surface area contributed by atoms with Gasteiger partial charge < -0.3 is 14.5 Å². The van der Waals surface area contributed by atoms with Gasteiger partial charge in [-0.2, -0.15) is 13.2 Å². The number of ether oxygens (including phenoxy) is 1. The normalized spacial score (nSPS) is 16.5. The van der Waals surface area contributed by atoms with E-state index in [0.717, 1.165) is 31.3 Å². The fourth-order valence-electron chi connectivity index (χ4n) is 2.36. The van der Waals surface area contributed by atoms with Crippen molar-refractivity contribution in [1.82, 2.24) is 9.80 Å². The van der Waals surface area contributed by atoms with Crippen LogP contribution in [0.2, 0.25) is 5.02 Å². The Morgan fingerprint density at radius 1 is 1.31 bits per heavy atom. The van der Waals surface area contributed by atoms with Crippen LogP contribution in [0.1, 0.15) is 12.5 Å². The number of hydrogen-bond donors (Lipinski definition) is 1. The van der Waals surface area contributed by atoms with Crippen LogP contribution in [0.5, 0.6) is 0 Å². The Morgan fingerprint density at radius 3 is 2.54 bits per heavy atom. The van der Waals surface area contributed by atoms with E-state index in [4.69, 9.17) is 16.3 Å². The van der Waals surface area contributed by atoms with E-state index in [1.807, 2.05) is 7.05 Å². The zero-order valence-corrected chi connectivity index (χ0v) is 15.2. The molecule has 144 valence electrons. The predicted octanol–water partition coefficient (Wildman–Crippen LogP) is 2.89. The maximum atomic E-state index is 12.9. The average molecular weight is 393 g/mol. The van der Waals surface area contributed by atoms with Crippen LogP contribution in [-0.4, -0.2) is 61.4 Å². The van der Waals surface area contributed by atoms with Crippen LogP contribution in [0.15, 0.2) is 23.3 Å². The molecule has 1 fully saturated rings. The summed E-state index contributed by atoms with van der Waals surface area (Å²) in [5.41, 5.74) is 1.57. The standard InChI is InChI=1S/C16H20ClF3N4O2/c1-3-26-15(25)14(24-8-6-23(2)7-9-24)22-21-13-10-11(16(18,19)20)4-5-12(13)17/h4-5,10,21H,3,6-9H2,1-2H3/b22-14+. The van der Waals surface area contributed by atoms with Crippen molar-refractivity contribution in [2.24, 2.45) is 5.10 Å². The van der Waals surface area contributed by atoms with Gasteiger partial charge in [0.15, 0.2) is 0 Å². The largest absolute Gasteiger partial charge is 0.460 e. The smallest absolute Gasteiger partial charge is 0.416 e. The molecular formula is C16H20ClF3N4O2. The SMILES string of the molecule is CCOC(=O)/C(=N\Nc1cc(C(F)(F)F)ccc1Cl)N1CCN(C)CC1. The van der Waals surface area contributed by atoms with E-state index in [1.54, 1.807) is 11.8 Å². The number of hydrogen-bond acceptors (Lipinski definition) is 5. The number of amidine groups is 1. The summed E-state index contributed by atoms with van der Waals surface area (Å²) in [6.07, 6.45) is -4.51. The van der Waals surface area contributed by atoms with Gasteiger partial charge in [0.2, 0.25) is 5.84 Å². The summed E-state index contributed by atoms with van der Waals surface area (Å²) in [7, 11) is 1.96. The molecule has 1 aromatic carbocycles. The van der Waals surface area contributed by atoms with Gasteiger partial charge in [-0.1, -0.05) is 11.6 Å². The lowest BCUT2D eigenvalue weighted by Crippen LogP contribution is -2.50. The maximum Gasteiger partial charge on any atom is 0.416 e. The number of piperazine rings is 1. The zero-order chi connectivity index (χ0) is 19.3. The van der Waals surface area contributed by atoms with Gasteiger partial charge in [0, 0.05) is 26.2 Å². The first-order chi connectivity index (χ1) is 12.2. The monoisotopic (exact) mass is 392 g/mol. The van der Waals surface area contributed by atoms with Crippen molar-refractivity contribution in [3.05, 3.63) is 28.8 Å². The molecule has 6 nitrogen and oxygen atoms in total. The van der Waals surface area contributed by atoms with Crippen molar-refractivity contribution >= 4 is 29.1 Å². The molecule has 26 heavy (non-hydrogen) atoms. The molecule has 1 N–H and O–H groups in total. The number of likely N-dealkylation sites (N-methyl/N-ethyl adjacent to an activating group) is 1. The first kappa shape index (κ1) is 20.3. The zero-order valence-electron chi connectivity index (χ0n) is 14.4. The minimum absolute atomic E-state index is 0.00780. The highest BCUT2D eigenvalue weighted by atomic mass is 35.5. The molecule has 2 rings (SSSR count). The highest BCUT2D eigenvalue weighted by Gasteiger charge is 2.31. The molecule has 0 aliphatic carbocycles. The Labute approximate surface area is 154 Å². The van der Waals surface area contributed by atoms with Crippen molar-refractivity contribution < 1.29 is 22.7 Å². The van der Waals surface area contributed by atoms with Crippen molar-refractivity contribution in [1.29, 1.82) is 0 Å². The minimum atomic E-state index is -4.51. The summed E-state index contributed by atoms with van der Waals surface area (Å²) in [6.45, 7) is 4.37. The lowest BCUT2D eigenvalue weighted by Gasteiger charge is -2.33. The topological polar surface area (TPSA) is 57.2 Å². The fraction of sp³-hybridized carbons (Fsp3) is 0.500. The van der Waals surface area contributed by atoms with Gasteiger partial charge in [-0.3, -0.25) is 5.43 Å². The van der Waals surface area contributed by atoms with Gasteiger partial charge in [0.1, 0.15) is 0 Å². The Bertz CT molecular complexity index is 674. The van der Waals surface area contributed by atoms with Gasteiger partial charge in [0.25, 0.3) is 0 Å². The average Bonchev–Trinajstić information content (AvgIpc) is 2.57. The van der Waals surface area contributed by atoms with Crippen molar-refractivity contribution in [2.45, 2.75) is 13.1 Å². The van der Waals surface area contributed by atoms with E-state index in [9.17, 15) is 18.0 Å². The number of halogens is 4. The number of nitrogens with one attached hydrogen (secondary N) is 1. The van der Waals surface area contributed by atoms with Crippen LogP contribution in [0.25, 0.3) is 0 Å². The summed E-state index contributed by atoms with van der Waals surface area (Å²) in [6, 6.07) is 2.85. The van der Waals surface area contributed by atoms with Gasteiger partial charge in [-0.25, -0.2) is 4.79 Å². The molecule has 0 unspecified atom stereocenters. The lowest BCUT2D eigenvalue weighted by molar-refractivity contribution is -0.138. The van der Waals surface area contributed by atoms with E-state index in [0.29, 0.717) is 13.1 Å². The number of nitrogens with zero attached hydrogens (tertiary/aromatic N) is 3. The Balaban J connectivity index is 2.25. The molecule has 1 aliphatic rings. The molecule has 10 heteroatoms. The number of rotatable bonds is 3. The second-order valence-corrected chi connectivity index (χ2v) is 6.16. The number of anilines is 1. The third-order valence-corrected chi connectivity index (χ3v) is 4.17. The summed E-state index contributed by atoms with van der Waals surface area (Å²) < 4.78 is 43.6. The van der Waals surface area contributed by atoms with E-state index >= 15 is 0 Å². The summed E-state index contributed by atoms with van der Waals surface area (Å²) >= 11 is 5.94. The lowest BCUT2D eigenvalue weighted by atomic mass is 10.2. The molecule has 0 spiro atoms. The highest BCUT2D eigenvalue weighted by molar-refractivity contribution is 6.35. The van der Waals surface area contributed by atoms with Crippen LogP contribution in [0.3, 0.4) is 0 Å². The maximum absolute atomic E-state index is 12.9. The van der Waals surface area contributed by atoms with Crippen molar-refractivity contribution in [2.75, 3.05) is 45.3 Å². The van der Waals surface area contributed by atoms with Crippen LogP contribution < -0.4 is 5.43 Å². The quantitative estimate of drug-likeness (QED) is 0.371. The van der Waals surface area contributed by atoms with Gasteiger partial charge in [-0.05, 0) is 32.2 Å². The first-order valence-corrected chi connectivity index (χ1v) is 8.41. The Kier molecular flexibility index (Phi) is 6.71. The minimum Gasteiger partial charge on any atom is -0.460 e. The Hall–Kier alpha value is -2.00. The molecule has 1 heterocycles. The highest BCUT2D eigenvalue weighted by Crippen LogP contribution is 2.33. The fourth-order valence-corrected chi connectivity index (χ4v) is 2.52. The molecule has 0 aromatic heterocycles. The number of carbonyl (C=O) groups excluding carboxylic acids is 1. The number of esters is 1. The third kappa shape index (κ3) is 5.25. The van der Waals surface area contributed by atoms with E-state index in [1.165, 1.54) is 0 Å². The predicted molar refractivity (Wildman–Crippen MR) is 93.2 cm³/mol. The molecular weight excluding hydrogens is 373 g/mol.